The average Bonchev–Trinajstić information content (AvgIpc) is 2.44. The summed E-state index contributed by atoms with van der Waals surface area (Å²) in [6.45, 7) is 0.954. The normalized spacial score (nSPS) is 18.1. The average molecular weight is 334 g/mol. The standard InChI is InChI=1S/C13H8F6N4/c1-7-9(5-20)11(12(14,15)16,13(17,18)19)23-10(22-7)8-3-2-4-21-6-8/h2-4,6H,1H3,(H,22,23). The van der Waals surface area contributed by atoms with Crippen LogP contribution in [0.1, 0.15) is 12.5 Å². The minimum atomic E-state index is -5.84. The molecule has 1 N–H and O–H groups in total. The number of nitrogens with one attached hydrogen (secondary N) is 1. The SMILES string of the molecule is CC1=C(C#N)C(C(F)(F)F)(C(F)(F)F)N=C(c2cccnc2)N1. The van der Waals surface area contributed by atoms with Crippen molar-refractivity contribution in [2.45, 2.75) is 24.8 Å². The van der Waals surface area contributed by atoms with Gasteiger partial charge in [-0.25, -0.2) is 4.99 Å². The lowest BCUT2D eigenvalue weighted by molar-refractivity contribution is -0.281. The number of hydrogen-bond donors (Lipinski definition) is 1. The van der Waals surface area contributed by atoms with Crippen LogP contribution in [0.15, 0.2) is 40.8 Å². The molecule has 0 radical (unpaired) electrons. The largest absolute Gasteiger partial charge is 0.427 e. The molecule has 0 spiro atoms. The summed E-state index contributed by atoms with van der Waals surface area (Å²) in [4.78, 5) is 6.50. The second-order valence-corrected chi connectivity index (χ2v) is 4.64. The van der Waals surface area contributed by atoms with E-state index in [4.69, 9.17) is 5.26 Å². The zero-order valence-corrected chi connectivity index (χ0v) is 11.4. The highest BCUT2D eigenvalue weighted by Gasteiger charge is 2.75. The van der Waals surface area contributed by atoms with E-state index in [1.54, 1.807) is 0 Å². The van der Waals surface area contributed by atoms with Crippen LogP contribution in [-0.4, -0.2) is 28.7 Å². The topological polar surface area (TPSA) is 61.1 Å². The Morgan fingerprint density at radius 1 is 1.17 bits per heavy atom. The number of aromatic nitrogens is 1. The number of allylic oxidation sites excluding steroid dienone is 1. The van der Waals surface area contributed by atoms with Crippen LogP contribution in [-0.2, 0) is 0 Å². The van der Waals surface area contributed by atoms with Gasteiger partial charge in [0.05, 0.1) is 11.6 Å². The van der Waals surface area contributed by atoms with Gasteiger partial charge in [0.1, 0.15) is 5.84 Å². The Morgan fingerprint density at radius 2 is 1.78 bits per heavy atom. The summed E-state index contributed by atoms with van der Waals surface area (Å²) in [5.74, 6) is -0.663. The minimum absolute atomic E-state index is 0.0679. The Hall–Kier alpha value is -2.57. The molecule has 1 aliphatic heterocycles. The summed E-state index contributed by atoms with van der Waals surface area (Å²) in [6.07, 6.45) is -9.31. The minimum Gasteiger partial charge on any atom is -0.343 e. The molecule has 0 unspecified atom stereocenters. The van der Waals surface area contributed by atoms with Crippen molar-refractivity contribution >= 4 is 5.84 Å². The van der Waals surface area contributed by atoms with Crippen LogP contribution in [0.25, 0.3) is 0 Å². The third-order valence-electron chi connectivity index (χ3n) is 3.19. The molecule has 2 rings (SSSR count). The molecule has 1 aromatic heterocycles. The second-order valence-electron chi connectivity index (χ2n) is 4.64. The van der Waals surface area contributed by atoms with Crippen molar-refractivity contribution in [1.82, 2.24) is 10.3 Å². The lowest BCUT2D eigenvalue weighted by Gasteiger charge is -2.37. The van der Waals surface area contributed by atoms with E-state index in [-0.39, 0.29) is 5.56 Å². The Morgan fingerprint density at radius 3 is 2.22 bits per heavy atom. The molecule has 0 bridgehead atoms. The molecule has 122 valence electrons. The van der Waals surface area contributed by atoms with E-state index in [2.05, 4.69) is 15.3 Å². The first-order valence-electron chi connectivity index (χ1n) is 6.07. The third kappa shape index (κ3) is 2.52. The maximum Gasteiger partial charge on any atom is 0.427 e. The molecule has 4 nitrogen and oxygen atoms in total. The van der Waals surface area contributed by atoms with E-state index in [0.717, 1.165) is 19.2 Å². The van der Waals surface area contributed by atoms with E-state index >= 15 is 0 Å². The summed E-state index contributed by atoms with van der Waals surface area (Å²) < 4.78 is 80.0. The summed E-state index contributed by atoms with van der Waals surface area (Å²) in [5.41, 5.74) is -6.79. The molecule has 10 heteroatoms. The highest BCUT2D eigenvalue weighted by molar-refractivity contribution is 6.01. The summed E-state index contributed by atoms with van der Waals surface area (Å²) in [7, 11) is 0. The maximum atomic E-state index is 13.3. The Kier molecular flexibility index (Phi) is 3.84. The first kappa shape index (κ1) is 16.8. The van der Waals surface area contributed by atoms with Gasteiger partial charge >= 0.3 is 12.4 Å². The summed E-state index contributed by atoms with van der Waals surface area (Å²) >= 11 is 0. The van der Waals surface area contributed by atoms with Gasteiger partial charge in [0.2, 0.25) is 0 Å². The zero-order chi connectivity index (χ0) is 17.5. The summed E-state index contributed by atoms with van der Waals surface area (Å²) in [5, 5.41) is 11.2. The predicted octanol–water partition coefficient (Wildman–Crippen LogP) is 3.09. The predicted molar refractivity (Wildman–Crippen MR) is 67.1 cm³/mol. The lowest BCUT2D eigenvalue weighted by atomic mass is 9.86. The zero-order valence-electron chi connectivity index (χ0n) is 11.4. The van der Waals surface area contributed by atoms with Gasteiger partial charge in [-0.05, 0) is 19.1 Å². The van der Waals surface area contributed by atoms with Crippen molar-refractivity contribution in [2.24, 2.45) is 4.99 Å². The molecule has 0 saturated carbocycles. The fraction of sp³-hybridized carbons (Fsp3) is 0.308. The molecule has 0 saturated heterocycles. The van der Waals surface area contributed by atoms with E-state index in [9.17, 15) is 26.3 Å². The van der Waals surface area contributed by atoms with Crippen molar-refractivity contribution in [3.8, 4) is 6.07 Å². The fourth-order valence-electron chi connectivity index (χ4n) is 2.14. The van der Waals surface area contributed by atoms with Gasteiger partial charge in [-0.2, -0.15) is 31.6 Å². The summed E-state index contributed by atoms with van der Waals surface area (Å²) in [6, 6.07) is 3.57. The quantitative estimate of drug-likeness (QED) is 0.803. The molecule has 23 heavy (non-hydrogen) atoms. The molecular weight excluding hydrogens is 326 g/mol. The smallest absolute Gasteiger partial charge is 0.343 e. The molecule has 1 aliphatic rings. The molecule has 1 aromatic rings. The van der Waals surface area contributed by atoms with Gasteiger partial charge in [0.25, 0.3) is 5.54 Å². The van der Waals surface area contributed by atoms with Crippen molar-refractivity contribution in [2.75, 3.05) is 0 Å². The number of rotatable bonds is 1. The number of aliphatic imine (C=N–C) groups is 1. The third-order valence-corrected chi connectivity index (χ3v) is 3.19. The van der Waals surface area contributed by atoms with E-state index < -0.39 is 35.0 Å². The van der Waals surface area contributed by atoms with Gasteiger partial charge in [-0.15, -0.1) is 0 Å². The number of alkyl halides is 6. The molecular formula is C13H8F6N4. The molecule has 0 fully saturated rings. The highest BCUT2D eigenvalue weighted by atomic mass is 19.4. The van der Waals surface area contributed by atoms with Gasteiger partial charge in [0, 0.05) is 23.7 Å². The Balaban J connectivity index is 2.80. The second kappa shape index (κ2) is 5.26. The van der Waals surface area contributed by atoms with Crippen LogP contribution in [0.2, 0.25) is 0 Å². The maximum absolute atomic E-state index is 13.3. The number of pyridine rings is 1. The van der Waals surface area contributed by atoms with Crippen molar-refractivity contribution in [3.63, 3.8) is 0 Å². The van der Waals surface area contributed by atoms with Gasteiger partial charge < -0.3 is 5.32 Å². The van der Waals surface area contributed by atoms with Crippen LogP contribution in [0.5, 0.6) is 0 Å². The number of nitriles is 1. The Bertz CT molecular complexity index is 695. The van der Waals surface area contributed by atoms with E-state index in [0.29, 0.717) is 0 Å². The monoisotopic (exact) mass is 334 g/mol. The molecule has 0 atom stereocenters. The van der Waals surface area contributed by atoms with Gasteiger partial charge in [0.15, 0.2) is 0 Å². The number of amidine groups is 1. The number of nitrogens with zero attached hydrogens (tertiary/aromatic N) is 3. The van der Waals surface area contributed by atoms with Gasteiger partial charge in [-0.1, -0.05) is 0 Å². The van der Waals surface area contributed by atoms with Crippen LogP contribution < -0.4 is 5.32 Å². The van der Waals surface area contributed by atoms with Crippen LogP contribution in [0, 0.1) is 11.3 Å². The number of halogens is 6. The Labute approximate surface area is 126 Å². The van der Waals surface area contributed by atoms with Crippen molar-refractivity contribution in [3.05, 3.63) is 41.4 Å². The highest BCUT2D eigenvalue weighted by Crippen LogP contribution is 2.52. The van der Waals surface area contributed by atoms with Crippen LogP contribution in [0.3, 0.4) is 0 Å². The van der Waals surface area contributed by atoms with E-state index in [1.165, 1.54) is 18.3 Å². The van der Waals surface area contributed by atoms with Crippen molar-refractivity contribution in [1.29, 1.82) is 5.26 Å². The first-order valence-corrected chi connectivity index (χ1v) is 6.07. The van der Waals surface area contributed by atoms with Crippen LogP contribution >= 0.6 is 0 Å². The molecule has 0 amide bonds. The molecule has 0 aliphatic carbocycles. The molecule has 2 heterocycles. The van der Waals surface area contributed by atoms with Crippen molar-refractivity contribution < 1.29 is 26.3 Å². The van der Waals surface area contributed by atoms with Gasteiger partial charge in [-0.3, -0.25) is 4.98 Å². The first-order chi connectivity index (χ1) is 10.5. The van der Waals surface area contributed by atoms with Crippen LogP contribution in [0.4, 0.5) is 26.3 Å². The van der Waals surface area contributed by atoms with E-state index in [1.807, 2.05) is 0 Å². The fourth-order valence-corrected chi connectivity index (χ4v) is 2.14. The molecule has 0 aromatic carbocycles. The number of hydrogen-bond acceptors (Lipinski definition) is 4. The lowest BCUT2D eigenvalue weighted by Crippen LogP contribution is -2.60.